The van der Waals surface area contributed by atoms with Crippen LogP contribution in [0.25, 0.3) is 0 Å². The molecule has 0 bridgehead atoms. The first-order chi connectivity index (χ1) is 9.08. The molecule has 1 aliphatic rings. The predicted octanol–water partition coefficient (Wildman–Crippen LogP) is 3.07. The second-order valence-corrected chi connectivity index (χ2v) is 5.37. The molecule has 19 heavy (non-hydrogen) atoms. The van der Waals surface area contributed by atoms with Gasteiger partial charge in [0.25, 0.3) is 0 Å². The molecular weight excluding hydrogens is 245 g/mol. The lowest BCUT2D eigenvalue weighted by Crippen LogP contribution is -2.26. The molecule has 104 valence electrons. The first kappa shape index (κ1) is 14.0. The molecule has 1 heterocycles. The molecule has 1 aromatic rings. The highest BCUT2D eigenvalue weighted by Gasteiger charge is 2.31. The summed E-state index contributed by atoms with van der Waals surface area (Å²) in [5, 5.41) is 8.69. The van der Waals surface area contributed by atoms with E-state index in [-0.39, 0.29) is 18.3 Å². The Morgan fingerprint density at radius 1 is 1.47 bits per heavy atom. The Morgan fingerprint density at radius 3 is 2.89 bits per heavy atom. The second kappa shape index (κ2) is 6.15. The van der Waals surface area contributed by atoms with E-state index in [4.69, 9.17) is 5.11 Å². The molecule has 0 aromatic heterocycles. The summed E-state index contributed by atoms with van der Waals surface area (Å²) in [6, 6.07) is 6.98. The van der Waals surface area contributed by atoms with E-state index < -0.39 is 5.97 Å². The van der Waals surface area contributed by atoms with Crippen LogP contribution in [0, 0.1) is 11.7 Å². The Balaban J connectivity index is 2.05. The van der Waals surface area contributed by atoms with Crippen LogP contribution in [0.15, 0.2) is 24.3 Å². The fraction of sp³-hybridized carbons (Fsp3) is 0.533. The van der Waals surface area contributed by atoms with E-state index in [0.29, 0.717) is 12.3 Å². The van der Waals surface area contributed by atoms with Crippen molar-refractivity contribution in [3.05, 3.63) is 35.6 Å². The monoisotopic (exact) mass is 265 g/mol. The number of halogens is 1. The molecular formula is C15H20FNO2. The van der Waals surface area contributed by atoms with Gasteiger partial charge in [0.1, 0.15) is 5.82 Å². The fourth-order valence-corrected chi connectivity index (χ4v) is 2.88. The van der Waals surface area contributed by atoms with E-state index in [1.54, 1.807) is 6.07 Å². The Morgan fingerprint density at radius 2 is 2.21 bits per heavy atom. The Labute approximate surface area is 113 Å². The van der Waals surface area contributed by atoms with Gasteiger partial charge in [-0.25, -0.2) is 4.39 Å². The number of benzene rings is 1. The topological polar surface area (TPSA) is 40.5 Å². The third-order valence-electron chi connectivity index (χ3n) is 3.71. The van der Waals surface area contributed by atoms with Crippen LogP contribution in [0.3, 0.4) is 0 Å². The Hall–Kier alpha value is -1.42. The van der Waals surface area contributed by atoms with Gasteiger partial charge in [-0.3, -0.25) is 9.69 Å². The molecule has 2 atom stereocenters. The second-order valence-electron chi connectivity index (χ2n) is 5.37. The molecule has 1 N–H and O–H groups in total. The standard InChI is InChI=1S/C15H20FNO2/c1-11-9-14(12-5-2-3-6-13(12)16)17(10-11)8-4-7-15(18)19/h2-3,5-6,11,14H,4,7-10H2,1H3,(H,18,19)/t11-,14+/m0/s1. The lowest BCUT2D eigenvalue weighted by Gasteiger charge is -2.24. The van der Waals surface area contributed by atoms with Gasteiger partial charge in [-0.1, -0.05) is 25.1 Å². The number of carboxylic acid groups (broad SMARTS) is 1. The van der Waals surface area contributed by atoms with Crippen molar-refractivity contribution in [1.82, 2.24) is 4.90 Å². The van der Waals surface area contributed by atoms with Crippen molar-refractivity contribution in [3.8, 4) is 0 Å². The van der Waals surface area contributed by atoms with Crippen LogP contribution in [0.5, 0.6) is 0 Å². The minimum atomic E-state index is -0.769. The molecule has 4 heteroatoms. The highest BCUT2D eigenvalue weighted by Crippen LogP contribution is 2.36. The highest BCUT2D eigenvalue weighted by molar-refractivity contribution is 5.66. The van der Waals surface area contributed by atoms with Gasteiger partial charge in [-0.2, -0.15) is 0 Å². The van der Waals surface area contributed by atoms with Gasteiger partial charge in [0.2, 0.25) is 0 Å². The average Bonchev–Trinajstić information content (AvgIpc) is 2.70. The number of likely N-dealkylation sites (tertiary alicyclic amines) is 1. The number of carboxylic acids is 1. The summed E-state index contributed by atoms with van der Waals surface area (Å²) in [6.07, 6.45) is 1.73. The SMILES string of the molecule is C[C@H]1C[C@H](c2ccccc2F)N(CCCC(=O)O)C1. The zero-order valence-electron chi connectivity index (χ0n) is 11.2. The van der Waals surface area contributed by atoms with Gasteiger partial charge in [0.05, 0.1) is 0 Å². The summed E-state index contributed by atoms with van der Waals surface area (Å²) in [7, 11) is 0. The van der Waals surface area contributed by atoms with Crippen molar-refractivity contribution < 1.29 is 14.3 Å². The van der Waals surface area contributed by atoms with Crippen LogP contribution in [0.4, 0.5) is 4.39 Å². The highest BCUT2D eigenvalue weighted by atomic mass is 19.1. The zero-order chi connectivity index (χ0) is 13.8. The molecule has 1 aromatic carbocycles. The molecule has 0 saturated carbocycles. The van der Waals surface area contributed by atoms with E-state index >= 15 is 0 Å². The summed E-state index contributed by atoms with van der Waals surface area (Å²) < 4.78 is 13.9. The first-order valence-electron chi connectivity index (χ1n) is 6.78. The van der Waals surface area contributed by atoms with Crippen molar-refractivity contribution in [3.63, 3.8) is 0 Å². The normalized spacial score (nSPS) is 23.7. The lowest BCUT2D eigenvalue weighted by atomic mass is 10.0. The minimum Gasteiger partial charge on any atom is -0.481 e. The van der Waals surface area contributed by atoms with E-state index in [1.165, 1.54) is 6.07 Å². The van der Waals surface area contributed by atoms with Gasteiger partial charge in [-0.05, 0) is 31.4 Å². The van der Waals surface area contributed by atoms with Crippen LogP contribution in [-0.2, 0) is 4.79 Å². The van der Waals surface area contributed by atoms with E-state index in [9.17, 15) is 9.18 Å². The van der Waals surface area contributed by atoms with Crippen molar-refractivity contribution in [2.75, 3.05) is 13.1 Å². The van der Waals surface area contributed by atoms with Gasteiger partial charge >= 0.3 is 5.97 Å². The molecule has 2 rings (SSSR count). The van der Waals surface area contributed by atoms with Crippen LogP contribution in [0.1, 0.15) is 37.8 Å². The van der Waals surface area contributed by atoms with Crippen molar-refractivity contribution in [2.24, 2.45) is 5.92 Å². The Bertz CT molecular complexity index is 450. The maximum Gasteiger partial charge on any atom is 0.303 e. The van der Waals surface area contributed by atoms with Crippen LogP contribution in [0.2, 0.25) is 0 Å². The smallest absolute Gasteiger partial charge is 0.303 e. The third kappa shape index (κ3) is 3.53. The maximum absolute atomic E-state index is 13.9. The van der Waals surface area contributed by atoms with Gasteiger partial charge in [0.15, 0.2) is 0 Å². The summed E-state index contributed by atoms with van der Waals surface area (Å²) in [6.45, 7) is 3.79. The van der Waals surface area contributed by atoms with Crippen molar-refractivity contribution in [1.29, 1.82) is 0 Å². The number of rotatable bonds is 5. The van der Waals surface area contributed by atoms with E-state index in [0.717, 1.165) is 25.1 Å². The summed E-state index contributed by atoms with van der Waals surface area (Å²) in [5.41, 5.74) is 0.738. The molecule has 0 amide bonds. The van der Waals surface area contributed by atoms with Gasteiger partial charge in [-0.15, -0.1) is 0 Å². The van der Waals surface area contributed by atoms with E-state index in [2.05, 4.69) is 11.8 Å². The van der Waals surface area contributed by atoms with E-state index in [1.807, 2.05) is 12.1 Å². The van der Waals surface area contributed by atoms with Gasteiger partial charge < -0.3 is 5.11 Å². The minimum absolute atomic E-state index is 0.0880. The number of hydrogen-bond donors (Lipinski definition) is 1. The predicted molar refractivity (Wildman–Crippen MR) is 71.4 cm³/mol. The quantitative estimate of drug-likeness (QED) is 0.889. The molecule has 0 spiro atoms. The van der Waals surface area contributed by atoms with Crippen molar-refractivity contribution >= 4 is 5.97 Å². The van der Waals surface area contributed by atoms with Gasteiger partial charge in [0, 0.05) is 24.6 Å². The zero-order valence-corrected chi connectivity index (χ0v) is 11.2. The number of nitrogens with zero attached hydrogens (tertiary/aromatic N) is 1. The molecule has 0 unspecified atom stereocenters. The molecule has 0 aliphatic carbocycles. The summed E-state index contributed by atoms with van der Waals surface area (Å²) in [4.78, 5) is 12.8. The first-order valence-corrected chi connectivity index (χ1v) is 6.78. The Kier molecular flexibility index (Phi) is 4.53. The number of aliphatic carboxylic acids is 1. The molecule has 0 radical (unpaired) electrons. The lowest BCUT2D eigenvalue weighted by molar-refractivity contribution is -0.137. The number of hydrogen-bond acceptors (Lipinski definition) is 2. The molecule has 3 nitrogen and oxygen atoms in total. The average molecular weight is 265 g/mol. The molecule has 1 fully saturated rings. The van der Waals surface area contributed by atoms with Crippen LogP contribution < -0.4 is 0 Å². The van der Waals surface area contributed by atoms with Crippen LogP contribution >= 0.6 is 0 Å². The van der Waals surface area contributed by atoms with Crippen molar-refractivity contribution in [2.45, 2.75) is 32.2 Å². The molecule has 1 aliphatic heterocycles. The van der Waals surface area contributed by atoms with Crippen LogP contribution in [-0.4, -0.2) is 29.1 Å². The largest absolute Gasteiger partial charge is 0.481 e. The maximum atomic E-state index is 13.9. The number of carbonyl (C=O) groups is 1. The summed E-state index contributed by atoms with van der Waals surface area (Å²) >= 11 is 0. The summed E-state index contributed by atoms with van der Waals surface area (Å²) in [5.74, 6) is -0.408. The third-order valence-corrected chi connectivity index (χ3v) is 3.71. The fourth-order valence-electron chi connectivity index (χ4n) is 2.88. The molecule has 1 saturated heterocycles.